The van der Waals surface area contributed by atoms with E-state index in [0.717, 1.165) is 0 Å². The van der Waals surface area contributed by atoms with Gasteiger partial charge in [-0.15, -0.1) is 0 Å². The summed E-state index contributed by atoms with van der Waals surface area (Å²) in [5.74, 6) is 0.0476. The van der Waals surface area contributed by atoms with Crippen LogP contribution >= 0.6 is 0 Å². The van der Waals surface area contributed by atoms with Crippen LogP contribution in [0.15, 0.2) is 54.6 Å². The van der Waals surface area contributed by atoms with E-state index in [2.05, 4.69) is 0 Å². The maximum atomic E-state index is 12.1. The van der Waals surface area contributed by atoms with Gasteiger partial charge in [-0.3, -0.25) is 4.79 Å². The summed E-state index contributed by atoms with van der Waals surface area (Å²) in [4.78, 5) is 13.6. The Hall–Kier alpha value is -2.29. The number of aromatic hydroxyl groups is 1. The summed E-state index contributed by atoms with van der Waals surface area (Å²) in [6, 6.07) is 15.7. The van der Waals surface area contributed by atoms with E-state index in [1.54, 1.807) is 43.4 Å². The van der Waals surface area contributed by atoms with Crippen LogP contribution in [0.2, 0.25) is 0 Å². The van der Waals surface area contributed by atoms with Crippen LogP contribution in [0.3, 0.4) is 0 Å². The molecule has 0 aliphatic heterocycles. The smallest absolute Gasteiger partial charge is 0.258 e. The lowest BCUT2D eigenvalue weighted by atomic mass is 10.2. The minimum absolute atomic E-state index is 0.101. The maximum Gasteiger partial charge on any atom is 0.258 e. The number of hydrogen-bond acceptors (Lipinski definition) is 2. The number of carbonyl (C=O) groups excluding carboxylic acids is 1. The van der Waals surface area contributed by atoms with Gasteiger partial charge in [0, 0.05) is 24.4 Å². The quantitative estimate of drug-likeness (QED) is 0.856. The molecule has 2 aromatic carbocycles. The number of amides is 1. The highest BCUT2D eigenvalue weighted by Gasteiger charge is 2.12. The van der Waals surface area contributed by atoms with Crippen LogP contribution in [0.1, 0.15) is 10.4 Å². The lowest BCUT2D eigenvalue weighted by molar-refractivity contribution is 0.0993. The van der Waals surface area contributed by atoms with Gasteiger partial charge in [0.15, 0.2) is 0 Å². The molecule has 0 aromatic heterocycles. The zero-order valence-corrected chi connectivity index (χ0v) is 9.50. The van der Waals surface area contributed by atoms with Gasteiger partial charge in [0.05, 0.1) is 0 Å². The van der Waals surface area contributed by atoms with Gasteiger partial charge in [0.2, 0.25) is 0 Å². The maximum absolute atomic E-state index is 12.1. The molecule has 0 saturated carbocycles. The van der Waals surface area contributed by atoms with E-state index in [9.17, 15) is 9.90 Å². The number of carbonyl (C=O) groups is 1. The fourth-order valence-electron chi connectivity index (χ4n) is 1.59. The van der Waals surface area contributed by atoms with Gasteiger partial charge in [-0.1, -0.05) is 24.3 Å². The Morgan fingerprint density at radius 1 is 1.06 bits per heavy atom. The SMILES string of the molecule is CN(C(=O)c1ccccc1)c1cccc(O)c1. The van der Waals surface area contributed by atoms with E-state index >= 15 is 0 Å². The fourth-order valence-corrected chi connectivity index (χ4v) is 1.59. The predicted octanol–water partition coefficient (Wildman–Crippen LogP) is 2.67. The summed E-state index contributed by atoms with van der Waals surface area (Å²) in [5, 5.41) is 9.38. The summed E-state index contributed by atoms with van der Waals surface area (Å²) in [7, 11) is 1.68. The average Bonchev–Trinajstić information content (AvgIpc) is 2.38. The second-order valence-electron chi connectivity index (χ2n) is 3.75. The Bertz CT molecular complexity index is 523. The summed E-state index contributed by atoms with van der Waals surface area (Å²) >= 11 is 0. The van der Waals surface area contributed by atoms with Gasteiger partial charge < -0.3 is 10.0 Å². The number of rotatable bonds is 2. The third-order valence-electron chi connectivity index (χ3n) is 2.54. The predicted molar refractivity (Wildman–Crippen MR) is 67.3 cm³/mol. The molecule has 1 N–H and O–H groups in total. The van der Waals surface area contributed by atoms with Crippen molar-refractivity contribution in [3.8, 4) is 5.75 Å². The van der Waals surface area contributed by atoms with Crippen LogP contribution in [-0.4, -0.2) is 18.1 Å². The highest BCUT2D eigenvalue weighted by molar-refractivity contribution is 6.05. The molecule has 0 aliphatic carbocycles. The van der Waals surface area contributed by atoms with Crippen molar-refractivity contribution in [2.24, 2.45) is 0 Å². The van der Waals surface area contributed by atoms with E-state index in [0.29, 0.717) is 11.3 Å². The number of phenols is 1. The molecule has 0 heterocycles. The van der Waals surface area contributed by atoms with Gasteiger partial charge in [-0.25, -0.2) is 0 Å². The first kappa shape index (κ1) is 11.2. The molecule has 17 heavy (non-hydrogen) atoms. The largest absolute Gasteiger partial charge is 0.508 e. The van der Waals surface area contributed by atoms with Crippen molar-refractivity contribution in [2.75, 3.05) is 11.9 Å². The first-order chi connectivity index (χ1) is 8.18. The average molecular weight is 227 g/mol. The summed E-state index contributed by atoms with van der Waals surface area (Å²) in [6.07, 6.45) is 0. The zero-order chi connectivity index (χ0) is 12.3. The van der Waals surface area contributed by atoms with Crippen molar-refractivity contribution < 1.29 is 9.90 Å². The van der Waals surface area contributed by atoms with E-state index in [4.69, 9.17) is 0 Å². The second kappa shape index (κ2) is 4.70. The van der Waals surface area contributed by atoms with Crippen LogP contribution in [-0.2, 0) is 0 Å². The number of hydrogen-bond donors (Lipinski definition) is 1. The van der Waals surface area contributed by atoms with Crippen LogP contribution in [0.5, 0.6) is 5.75 Å². The summed E-state index contributed by atoms with van der Waals surface area (Å²) in [5.41, 5.74) is 1.29. The Kier molecular flexibility index (Phi) is 3.10. The number of anilines is 1. The second-order valence-corrected chi connectivity index (χ2v) is 3.75. The third kappa shape index (κ3) is 2.45. The number of nitrogens with zero attached hydrogens (tertiary/aromatic N) is 1. The molecule has 0 atom stereocenters. The van der Waals surface area contributed by atoms with Gasteiger partial charge in [-0.2, -0.15) is 0 Å². The van der Waals surface area contributed by atoms with E-state index in [1.807, 2.05) is 18.2 Å². The summed E-state index contributed by atoms with van der Waals surface area (Å²) in [6.45, 7) is 0. The van der Waals surface area contributed by atoms with E-state index in [-0.39, 0.29) is 11.7 Å². The van der Waals surface area contributed by atoms with Crippen molar-refractivity contribution >= 4 is 11.6 Å². The molecule has 0 fully saturated rings. The van der Waals surface area contributed by atoms with Crippen LogP contribution < -0.4 is 4.90 Å². The Morgan fingerprint density at radius 3 is 2.41 bits per heavy atom. The Balaban J connectivity index is 2.27. The molecule has 0 saturated heterocycles. The Morgan fingerprint density at radius 2 is 1.76 bits per heavy atom. The van der Waals surface area contributed by atoms with E-state index in [1.165, 1.54) is 4.90 Å². The van der Waals surface area contributed by atoms with Crippen molar-refractivity contribution in [3.63, 3.8) is 0 Å². The molecular weight excluding hydrogens is 214 g/mol. The normalized spacial score (nSPS) is 9.94. The lowest BCUT2D eigenvalue weighted by Crippen LogP contribution is -2.25. The fraction of sp³-hybridized carbons (Fsp3) is 0.0714. The highest BCUT2D eigenvalue weighted by Crippen LogP contribution is 2.20. The molecule has 0 spiro atoms. The van der Waals surface area contributed by atoms with Crippen LogP contribution in [0.25, 0.3) is 0 Å². The first-order valence-corrected chi connectivity index (χ1v) is 5.30. The van der Waals surface area contributed by atoms with Crippen molar-refractivity contribution in [2.45, 2.75) is 0 Å². The minimum Gasteiger partial charge on any atom is -0.508 e. The first-order valence-electron chi connectivity index (χ1n) is 5.30. The van der Waals surface area contributed by atoms with Crippen molar-refractivity contribution in [1.82, 2.24) is 0 Å². The molecular formula is C14H13NO2. The molecule has 3 heteroatoms. The number of phenolic OH excluding ortho intramolecular Hbond substituents is 1. The number of benzene rings is 2. The van der Waals surface area contributed by atoms with E-state index < -0.39 is 0 Å². The molecule has 0 bridgehead atoms. The van der Waals surface area contributed by atoms with Gasteiger partial charge >= 0.3 is 0 Å². The molecule has 0 radical (unpaired) electrons. The van der Waals surface area contributed by atoms with Crippen molar-refractivity contribution in [3.05, 3.63) is 60.2 Å². The minimum atomic E-state index is -0.101. The van der Waals surface area contributed by atoms with Gasteiger partial charge in [0.1, 0.15) is 5.75 Å². The third-order valence-corrected chi connectivity index (χ3v) is 2.54. The molecule has 0 aliphatic rings. The highest BCUT2D eigenvalue weighted by atomic mass is 16.3. The van der Waals surface area contributed by atoms with Crippen molar-refractivity contribution in [1.29, 1.82) is 0 Å². The molecule has 0 unspecified atom stereocenters. The molecule has 3 nitrogen and oxygen atoms in total. The standard InChI is InChI=1S/C14H13NO2/c1-15(12-8-5-9-13(16)10-12)14(17)11-6-3-2-4-7-11/h2-10,16H,1H3. The zero-order valence-electron chi connectivity index (χ0n) is 9.50. The lowest BCUT2D eigenvalue weighted by Gasteiger charge is -2.17. The Labute approximate surface area is 99.9 Å². The van der Waals surface area contributed by atoms with Gasteiger partial charge in [0.25, 0.3) is 5.91 Å². The summed E-state index contributed by atoms with van der Waals surface area (Å²) < 4.78 is 0. The van der Waals surface area contributed by atoms with Gasteiger partial charge in [-0.05, 0) is 24.3 Å². The molecule has 1 amide bonds. The topological polar surface area (TPSA) is 40.5 Å². The molecule has 2 aromatic rings. The molecule has 86 valence electrons. The van der Waals surface area contributed by atoms with Crippen LogP contribution in [0.4, 0.5) is 5.69 Å². The van der Waals surface area contributed by atoms with Crippen LogP contribution in [0, 0.1) is 0 Å². The molecule has 2 rings (SSSR count). The monoisotopic (exact) mass is 227 g/mol.